The Morgan fingerprint density at radius 2 is 2.08 bits per heavy atom. The van der Waals surface area contributed by atoms with Crippen LogP contribution < -0.4 is 5.32 Å². The molecule has 0 unspecified atom stereocenters. The molecule has 0 aromatic heterocycles. The molecule has 0 fully saturated rings. The first-order valence-electron chi connectivity index (χ1n) is 7.82. The first-order valence-corrected chi connectivity index (χ1v) is 8.81. The lowest BCUT2D eigenvalue weighted by Gasteiger charge is -2.23. The van der Waals surface area contributed by atoms with Crippen molar-refractivity contribution in [1.82, 2.24) is 5.32 Å². The summed E-state index contributed by atoms with van der Waals surface area (Å²) in [5, 5.41) is 2.50. The second-order valence-electron chi connectivity index (χ2n) is 6.28. The van der Waals surface area contributed by atoms with Crippen LogP contribution in [-0.2, 0) is 23.8 Å². The monoisotopic (exact) mass is 359 g/mol. The second kappa shape index (κ2) is 8.96. The van der Waals surface area contributed by atoms with E-state index in [0.717, 1.165) is 11.8 Å². The Morgan fingerprint density at radius 1 is 1.42 bits per heavy atom. The van der Waals surface area contributed by atoms with E-state index in [1.54, 1.807) is 40.7 Å². The van der Waals surface area contributed by atoms with Crippen LogP contribution in [0.15, 0.2) is 11.0 Å². The van der Waals surface area contributed by atoms with Gasteiger partial charge in [-0.3, -0.25) is 0 Å². The van der Waals surface area contributed by atoms with E-state index in [-0.39, 0.29) is 12.4 Å². The maximum atomic E-state index is 12.2. The molecule has 1 amide bonds. The second-order valence-corrected chi connectivity index (χ2v) is 7.34. The van der Waals surface area contributed by atoms with E-state index in [0.29, 0.717) is 11.3 Å². The van der Waals surface area contributed by atoms with Gasteiger partial charge in [0.15, 0.2) is 0 Å². The molecule has 1 rings (SSSR count). The Morgan fingerprint density at radius 3 is 2.67 bits per heavy atom. The van der Waals surface area contributed by atoms with Gasteiger partial charge in [0.25, 0.3) is 0 Å². The third-order valence-electron chi connectivity index (χ3n) is 2.81. The van der Waals surface area contributed by atoms with E-state index in [1.807, 2.05) is 0 Å². The van der Waals surface area contributed by atoms with Crippen molar-refractivity contribution in [2.24, 2.45) is 0 Å². The van der Waals surface area contributed by atoms with E-state index in [2.05, 4.69) is 5.32 Å². The molecular formula is C16H25NO6S. The number of carbonyl (C=O) groups excluding carboxylic acids is 3. The van der Waals surface area contributed by atoms with Crippen molar-refractivity contribution in [3.8, 4) is 0 Å². The third-order valence-corrected chi connectivity index (χ3v) is 3.95. The van der Waals surface area contributed by atoms with Crippen molar-refractivity contribution in [2.75, 3.05) is 12.4 Å². The quantitative estimate of drug-likeness (QED) is 0.611. The lowest BCUT2D eigenvalue weighted by atomic mass is 10.2. The van der Waals surface area contributed by atoms with Gasteiger partial charge < -0.3 is 19.5 Å². The number of rotatable bonds is 3. The molecule has 1 aliphatic rings. The van der Waals surface area contributed by atoms with Gasteiger partial charge in [0.1, 0.15) is 17.7 Å². The van der Waals surface area contributed by atoms with Gasteiger partial charge in [-0.2, -0.15) is 0 Å². The van der Waals surface area contributed by atoms with Gasteiger partial charge >= 0.3 is 18.0 Å². The molecule has 8 heteroatoms. The molecule has 0 bridgehead atoms. The van der Waals surface area contributed by atoms with Crippen LogP contribution in [0, 0.1) is 0 Å². The van der Waals surface area contributed by atoms with Crippen molar-refractivity contribution in [2.45, 2.75) is 58.8 Å². The largest absolute Gasteiger partial charge is 0.462 e. The average Bonchev–Trinajstić information content (AvgIpc) is 2.49. The normalized spacial score (nSPS) is 24.4. The molecule has 2 atom stereocenters. The highest BCUT2D eigenvalue weighted by molar-refractivity contribution is 8.04. The molecule has 0 saturated heterocycles. The summed E-state index contributed by atoms with van der Waals surface area (Å²) in [6, 6.07) is -0.914. The number of carbonyl (C=O) groups is 3. The van der Waals surface area contributed by atoms with Crippen LogP contribution in [0.1, 0.15) is 41.0 Å². The zero-order valence-electron chi connectivity index (χ0n) is 14.7. The highest BCUT2D eigenvalue weighted by Gasteiger charge is 2.29. The van der Waals surface area contributed by atoms with Crippen molar-refractivity contribution < 1.29 is 28.6 Å². The average molecular weight is 359 g/mol. The lowest BCUT2D eigenvalue weighted by molar-refractivity contribution is -0.149. The fourth-order valence-electron chi connectivity index (χ4n) is 1.80. The van der Waals surface area contributed by atoms with Gasteiger partial charge in [0.05, 0.1) is 11.5 Å². The molecule has 0 aromatic carbocycles. The lowest BCUT2D eigenvalue weighted by Crippen LogP contribution is -2.46. The van der Waals surface area contributed by atoms with Gasteiger partial charge in [-0.1, -0.05) is 6.08 Å². The van der Waals surface area contributed by atoms with Crippen LogP contribution in [0.25, 0.3) is 0 Å². The summed E-state index contributed by atoms with van der Waals surface area (Å²) in [4.78, 5) is 36.4. The number of thioether (sulfide) groups is 1. The molecular weight excluding hydrogens is 334 g/mol. The summed E-state index contributed by atoms with van der Waals surface area (Å²) >= 11 is 1.15. The predicted octanol–water partition coefficient (Wildman–Crippen LogP) is 2.40. The van der Waals surface area contributed by atoms with Crippen LogP contribution in [0.4, 0.5) is 4.79 Å². The molecule has 1 aliphatic heterocycles. The van der Waals surface area contributed by atoms with Crippen LogP contribution >= 0.6 is 11.8 Å². The maximum absolute atomic E-state index is 12.2. The Balaban J connectivity index is 2.81. The topological polar surface area (TPSA) is 90.9 Å². The van der Waals surface area contributed by atoms with Crippen molar-refractivity contribution in [3.63, 3.8) is 0 Å². The van der Waals surface area contributed by atoms with Gasteiger partial charge in [0.2, 0.25) is 0 Å². The SMILES string of the molecule is CCOC(=O)/C1=C/C[C@H](C)OC(=O)[C@H](NC(=O)OC(C)(C)C)CS1. The minimum atomic E-state index is -0.914. The van der Waals surface area contributed by atoms with Gasteiger partial charge in [-0.15, -0.1) is 11.8 Å². The summed E-state index contributed by atoms with van der Waals surface area (Å²) in [5.74, 6) is -0.852. The minimum absolute atomic E-state index is 0.148. The molecule has 1 heterocycles. The Hall–Kier alpha value is -1.70. The van der Waals surface area contributed by atoms with Gasteiger partial charge in [-0.05, 0) is 34.6 Å². The van der Waals surface area contributed by atoms with E-state index < -0.39 is 35.8 Å². The smallest absolute Gasteiger partial charge is 0.408 e. The Labute approximate surface area is 146 Å². The van der Waals surface area contributed by atoms with Crippen molar-refractivity contribution in [1.29, 1.82) is 0 Å². The van der Waals surface area contributed by atoms with Gasteiger partial charge in [-0.25, -0.2) is 14.4 Å². The summed E-state index contributed by atoms with van der Waals surface area (Å²) in [5.41, 5.74) is -0.678. The summed E-state index contributed by atoms with van der Waals surface area (Å²) in [7, 11) is 0. The Bertz CT molecular complexity index is 511. The zero-order chi connectivity index (χ0) is 18.3. The van der Waals surface area contributed by atoms with Crippen LogP contribution in [0.5, 0.6) is 0 Å². The van der Waals surface area contributed by atoms with E-state index in [1.165, 1.54) is 0 Å². The van der Waals surface area contributed by atoms with Crippen LogP contribution in [0.2, 0.25) is 0 Å². The highest BCUT2D eigenvalue weighted by Crippen LogP contribution is 2.23. The van der Waals surface area contributed by atoms with E-state index in [4.69, 9.17) is 14.2 Å². The Kier molecular flexibility index (Phi) is 7.59. The fraction of sp³-hybridized carbons (Fsp3) is 0.688. The zero-order valence-corrected chi connectivity index (χ0v) is 15.5. The number of hydrogen-bond acceptors (Lipinski definition) is 7. The van der Waals surface area contributed by atoms with Crippen molar-refractivity contribution >= 4 is 29.8 Å². The number of nitrogens with one attached hydrogen (secondary N) is 1. The predicted molar refractivity (Wildman–Crippen MR) is 90.5 cm³/mol. The molecule has 136 valence electrons. The third kappa shape index (κ3) is 7.25. The number of ether oxygens (including phenoxy) is 3. The number of cyclic esters (lactones) is 1. The molecule has 24 heavy (non-hydrogen) atoms. The van der Waals surface area contributed by atoms with E-state index >= 15 is 0 Å². The van der Waals surface area contributed by atoms with Gasteiger partial charge in [0, 0.05) is 12.2 Å². The molecule has 1 N–H and O–H groups in total. The van der Waals surface area contributed by atoms with Crippen LogP contribution in [-0.4, -0.2) is 48.1 Å². The summed E-state index contributed by atoms with van der Waals surface area (Å²) in [6.45, 7) is 8.89. The van der Waals surface area contributed by atoms with Crippen LogP contribution in [0.3, 0.4) is 0 Å². The number of hydrogen-bond donors (Lipinski definition) is 1. The number of amides is 1. The first-order chi connectivity index (χ1) is 11.1. The fourth-order valence-corrected chi connectivity index (χ4v) is 2.75. The molecule has 0 radical (unpaired) electrons. The standard InChI is InChI=1S/C16H25NO6S/c1-6-21-14(19)12-8-7-10(2)22-13(18)11(9-24-12)17-15(20)23-16(3,4)5/h8,10-11H,6-7,9H2,1-5H3,(H,17,20)/b12-8-/t10-,11+/m0/s1. The maximum Gasteiger partial charge on any atom is 0.408 e. The molecule has 0 aliphatic carbocycles. The van der Waals surface area contributed by atoms with Crippen molar-refractivity contribution in [3.05, 3.63) is 11.0 Å². The number of alkyl carbamates (subject to hydrolysis) is 1. The molecule has 0 spiro atoms. The minimum Gasteiger partial charge on any atom is -0.462 e. The van der Waals surface area contributed by atoms with E-state index in [9.17, 15) is 14.4 Å². The summed E-state index contributed by atoms with van der Waals surface area (Å²) in [6.07, 6.45) is 0.963. The highest BCUT2D eigenvalue weighted by atomic mass is 32.2. The summed E-state index contributed by atoms with van der Waals surface area (Å²) < 4.78 is 15.4. The molecule has 0 saturated carbocycles. The molecule has 0 aromatic rings. The first kappa shape index (κ1) is 20.3. The molecule has 7 nitrogen and oxygen atoms in total. The number of esters is 2.